The molecular formula is C20H29N3O2. The lowest BCUT2D eigenvalue weighted by molar-refractivity contribution is -0.125. The summed E-state index contributed by atoms with van der Waals surface area (Å²) in [5.74, 6) is 0.438. The number of nitrogens with zero attached hydrogens (tertiary/aromatic N) is 2. The number of hydrogen-bond acceptors (Lipinski definition) is 4. The predicted molar refractivity (Wildman–Crippen MR) is 100 cm³/mol. The van der Waals surface area contributed by atoms with Gasteiger partial charge in [-0.25, -0.2) is 0 Å². The molecule has 25 heavy (non-hydrogen) atoms. The van der Waals surface area contributed by atoms with Gasteiger partial charge in [-0.2, -0.15) is 0 Å². The molecule has 2 aliphatic rings. The van der Waals surface area contributed by atoms with Crippen LogP contribution in [0.25, 0.3) is 0 Å². The first-order valence-corrected chi connectivity index (χ1v) is 9.49. The number of carbonyl (C=O) groups excluding carboxylic acids is 2. The van der Waals surface area contributed by atoms with Crippen LogP contribution in [0.3, 0.4) is 0 Å². The number of likely N-dealkylation sites (tertiary alicyclic amines) is 1. The molecule has 1 aromatic rings. The van der Waals surface area contributed by atoms with E-state index in [0.717, 1.165) is 50.3 Å². The van der Waals surface area contributed by atoms with Gasteiger partial charge in [0.2, 0.25) is 5.91 Å². The maximum atomic E-state index is 12.3. The molecule has 2 saturated heterocycles. The highest BCUT2D eigenvalue weighted by atomic mass is 16.2. The van der Waals surface area contributed by atoms with Crippen molar-refractivity contribution in [1.82, 2.24) is 10.2 Å². The largest absolute Gasteiger partial charge is 0.371 e. The number of benzene rings is 1. The standard InChI is InChI=1S/C20H29N3O2/c1-16(24)17-4-6-19(7-5-17)23-13-8-18(9-14-23)20(25)21-10-15-22-11-2-3-12-22/h4-7,18H,2-3,8-15H2,1H3,(H,21,25). The third-order valence-corrected chi connectivity index (χ3v) is 5.43. The second-order valence-corrected chi connectivity index (χ2v) is 7.20. The molecule has 5 heteroatoms. The van der Waals surface area contributed by atoms with E-state index in [-0.39, 0.29) is 17.6 Å². The molecule has 1 aromatic carbocycles. The molecule has 0 aromatic heterocycles. The van der Waals surface area contributed by atoms with Crippen LogP contribution in [-0.4, -0.2) is 55.9 Å². The monoisotopic (exact) mass is 343 g/mol. The molecule has 0 radical (unpaired) electrons. The fraction of sp³-hybridized carbons (Fsp3) is 0.600. The van der Waals surface area contributed by atoms with Crippen LogP contribution in [0.5, 0.6) is 0 Å². The minimum atomic E-state index is 0.0934. The van der Waals surface area contributed by atoms with E-state index in [1.807, 2.05) is 24.3 Å². The van der Waals surface area contributed by atoms with Gasteiger partial charge in [-0.05, 0) is 70.0 Å². The van der Waals surface area contributed by atoms with E-state index in [1.54, 1.807) is 6.92 Å². The molecule has 0 bridgehead atoms. The summed E-state index contributed by atoms with van der Waals surface area (Å²) in [6, 6.07) is 7.78. The third-order valence-electron chi connectivity index (χ3n) is 5.43. The molecule has 0 aliphatic carbocycles. The molecule has 136 valence electrons. The lowest BCUT2D eigenvalue weighted by Gasteiger charge is -2.33. The van der Waals surface area contributed by atoms with Crippen molar-refractivity contribution >= 4 is 17.4 Å². The van der Waals surface area contributed by atoms with Crippen molar-refractivity contribution < 1.29 is 9.59 Å². The van der Waals surface area contributed by atoms with Gasteiger partial charge >= 0.3 is 0 Å². The summed E-state index contributed by atoms with van der Waals surface area (Å²) in [6.45, 7) is 7.47. The zero-order valence-electron chi connectivity index (χ0n) is 15.2. The van der Waals surface area contributed by atoms with Gasteiger partial charge in [0.1, 0.15) is 0 Å². The van der Waals surface area contributed by atoms with E-state index < -0.39 is 0 Å². The molecule has 1 amide bonds. The van der Waals surface area contributed by atoms with Gasteiger partial charge in [0.05, 0.1) is 0 Å². The zero-order chi connectivity index (χ0) is 17.6. The number of piperidine rings is 1. The van der Waals surface area contributed by atoms with Gasteiger partial charge < -0.3 is 15.1 Å². The zero-order valence-corrected chi connectivity index (χ0v) is 15.2. The van der Waals surface area contributed by atoms with Crippen molar-refractivity contribution in [3.05, 3.63) is 29.8 Å². The summed E-state index contributed by atoms with van der Waals surface area (Å²) in [7, 11) is 0. The molecule has 0 unspecified atom stereocenters. The Balaban J connectivity index is 1.41. The number of hydrogen-bond donors (Lipinski definition) is 1. The van der Waals surface area contributed by atoms with Crippen molar-refractivity contribution in [2.24, 2.45) is 5.92 Å². The smallest absolute Gasteiger partial charge is 0.223 e. The molecule has 3 rings (SSSR count). The second kappa shape index (κ2) is 8.48. The molecule has 1 N–H and O–H groups in total. The summed E-state index contributed by atoms with van der Waals surface area (Å²) in [5, 5.41) is 3.12. The van der Waals surface area contributed by atoms with Crippen molar-refractivity contribution in [2.75, 3.05) is 44.2 Å². The third kappa shape index (κ3) is 4.82. The van der Waals surface area contributed by atoms with Crippen molar-refractivity contribution in [1.29, 1.82) is 0 Å². The Bertz CT molecular complexity index is 585. The van der Waals surface area contributed by atoms with E-state index in [9.17, 15) is 9.59 Å². The van der Waals surface area contributed by atoms with Crippen LogP contribution < -0.4 is 10.2 Å². The van der Waals surface area contributed by atoms with Crippen LogP contribution in [-0.2, 0) is 4.79 Å². The Hall–Kier alpha value is -1.88. The highest BCUT2D eigenvalue weighted by Gasteiger charge is 2.25. The minimum absolute atomic E-state index is 0.0934. The topological polar surface area (TPSA) is 52.7 Å². The summed E-state index contributed by atoms with van der Waals surface area (Å²) in [5.41, 5.74) is 1.88. The SMILES string of the molecule is CC(=O)c1ccc(N2CCC(C(=O)NCCN3CCCC3)CC2)cc1. The van der Waals surface area contributed by atoms with Crippen LogP contribution in [0, 0.1) is 5.92 Å². The van der Waals surface area contributed by atoms with Gasteiger partial charge in [0.25, 0.3) is 0 Å². The molecule has 0 atom stereocenters. The van der Waals surface area contributed by atoms with Crippen molar-refractivity contribution in [3.8, 4) is 0 Å². The van der Waals surface area contributed by atoms with Crippen LogP contribution >= 0.6 is 0 Å². The number of rotatable bonds is 6. The predicted octanol–water partition coefficient (Wildman–Crippen LogP) is 2.32. The van der Waals surface area contributed by atoms with E-state index in [0.29, 0.717) is 0 Å². The molecule has 2 fully saturated rings. The number of nitrogens with one attached hydrogen (secondary N) is 1. The van der Waals surface area contributed by atoms with E-state index >= 15 is 0 Å². The number of Topliss-reactive ketones (excluding diaryl/α,β-unsaturated/α-hetero) is 1. The Morgan fingerprint density at radius 1 is 1.04 bits per heavy atom. The average molecular weight is 343 g/mol. The Kier molecular flexibility index (Phi) is 6.08. The fourth-order valence-electron chi connectivity index (χ4n) is 3.79. The summed E-state index contributed by atoms with van der Waals surface area (Å²) >= 11 is 0. The van der Waals surface area contributed by atoms with E-state index in [1.165, 1.54) is 25.9 Å². The summed E-state index contributed by atoms with van der Waals surface area (Å²) in [4.78, 5) is 28.4. The summed E-state index contributed by atoms with van der Waals surface area (Å²) in [6.07, 6.45) is 4.37. The molecule has 0 saturated carbocycles. The fourth-order valence-corrected chi connectivity index (χ4v) is 3.79. The highest BCUT2D eigenvalue weighted by molar-refractivity contribution is 5.94. The molecule has 0 spiro atoms. The normalized spacial score (nSPS) is 19.2. The molecule has 2 heterocycles. The lowest BCUT2D eigenvalue weighted by Crippen LogP contribution is -2.42. The van der Waals surface area contributed by atoms with Crippen molar-refractivity contribution in [2.45, 2.75) is 32.6 Å². The van der Waals surface area contributed by atoms with Crippen LogP contribution in [0.1, 0.15) is 43.0 Å². The Labute approximate surface area is 150 Å². The van der Waals surface area contributed by atoms with Gasteiger partial charge in [-0.3, -0.25) is 9.59 Å². The lowest BCUT2D eigenvalue weighted by atomic mass is 9.95. The van der Waals surface area contributed by atoms with E-state index in [2.05, 4.69) is 15.1 Å². The average Bonchev–Trinajstić information content (AvgIpc) is 3.15. The number of amides is 1. The van der Waals surface area contributed by atoms with Gasteiger partial charge in [-0.15, -0.1) is 0 Å². The highest BCUT2D eigenvalue weighted by Crippen LogP contribution is 2.24. The quantitative estimate of drug-likeness (QED) is 0.806. The van der Waals surface area contributed by atoms with Gasteiger partial charge in [-0.1, -0.05) is 0 Å². The number of ketones is 1. The maximum absolute atomic E-state index is 12.3. The van der Waals surface area contributed by atoms with Crippen LogP contribution in [0.15, 0.2) is 24.3 Å². The Morgan fingerprint density at radius 2 is 1.68 bits per heavy atom. The van der Waals surface area contributed by atoms with Crippen LogP contribution in [0.2, 0.25) is 0 Å². The Morgan fingerprint density at radius 3 is 2.28 bits per heavy atom. The number of anilines is 1. The maximum Gasteiger partial charge on any atom is 0.223 e. The van der Waals surface area contributed by atoms with Crippen LogP contribution in [0.4, 0.5) is 5.69 Å². The molecule has 5 nitrogen and oxygen atoms in total. The summed E-state index contributed by atoms with van der Waals surface area (Å²) < 4.78 is 0. The first kappa shape index (κ1) is 17.9. The van der Waals surface area contributed by atoms with Crippen molar-refractivity contribution in [3.63, 3.8) is 0 Å². The molecular weight excluding hydrogens is 314 g/mol. The number of carbonyl (C=O) groups is 2. The van der Waals surface area contributed by atoms with Gasteiger partial charge in [0.15, 0.2) is 5.78 Å². The van der Waals surface area contributed by atoms with E-state index in [4.69, 9.17) is 0 Å². The molecule has 2 aliphatic heterocycles. The first-order chi connectivity index (χ1) is 12.1. The second-order valence-electron chi connectivity index (χ2n) is 7.20. The minimum Gasteiger partial charge on any atom is -0.371 e. The van der Waals surface area contributed by atoms with Gasteiger partial charge in [0, 0.05) is 43.3 Å². The first-order valence-electron chi connectivity index (χ1n) is 9.49.